The van der Waals surface area contributed by atoms with Crippen molar-refractivity contribution < 1.29 is 0 Å². The Bertz CT molecular complexity index is 445. The zero-order valence-electron chi connectivity index (χ0n) is 11.7. The van der Waals surface area contributed by atoms with E-state index in [9.17, 15) is 0 Å². The molecule has 1 N–H and O–H groups in total. The Hall–Kier alpha value is -0.480. The molecule has 4 heteroatoms. The minimum absolute atomic E-state index is 0.277. The molecule has 2 nitrogen and oxygen atoms in total. The van der Waals surface area contributed by atoms with Gasteiger partial charge in [0.15, 0.2) is 5.17 Å². The number of amidine groups is 1. The van der Waals surface area contributed by atoms with Crippen LogP contribution in [0.2, 0.25) is 0 Å². The molecule has 0 amide bonds. The second-order valence-corrected chi connectivity index (χ2v) is 7.79. The van der Waals surface area contributed by atoms with E-state index in [4.69, 9.17) is 4.99 Å². The molecule has 2 aliphatic rings. The van der Waals surface area contributed by atoms with Crippen molar-refractivity contribution in [3.8, 4) is 0 Å². The highest BCUT2D eigenvalue weighted by atomic mass is 32.2. The lowest BCUT2D eigenvalue weighted by atomic mass is 9.78. The molecule has 0 radical (unpaired) electrons. The third kappa shape index (κ3) is 3.00. The second-order valence-electron chi connectivity index (χ2n) is 6.04. The van der Waals surface area contributed by atoms with Crippen LogP contribution in [-0.4, -0.2) is 16.5 Å². The van der Waals surface area contributed by atoms with Crippen molar-refractivity contribution in [3.63, 3.8) is 0 Å². The van der Waals surface area contributed by atoms with Crippen molar-refractivity contribution in [1.29, 1.82) is 0 Å². The van der Waals surface area contributed by atoms with Gasteiger partial charge in [-0.3, -0.25) is 4.99 Å². The first kappa shape index (κ1) is 13.5. The summed E-state index contributed by atoms with van der Waals surface area (Å²) in [5.74, 6) is 2.11. The third-order valence-corrected chi connectivity index (χ3v) is 6.30. The minimum Gasteiger partial charge on any atom is -0.359 e. The molecule has 1 atom stereocenters. The lowest BCUT2D eigenvalue weighted by Gasteiger charge is -2.35. The maximum Gasteiger partial charge on any atom is 0.157 e. The molecule has 2 fully saturated rings. The maximum atomic E-state index is 4.86. The van der Waals surface area contributed by atoms with Gasteiger partial charge in [-0.25, -0.2) is 0 Å². The Labute approximate surface area is 124 Å². The SMILES string of the molecule is CC1CCC2(CC1)CSC(=NC(C)c1ccsc1)N2. The van der Waals surface area contributed by atoms with Gasteiger partial charge < -0.3 is 5.32 Å². The number of thiophene rings is 1. The zero-order chi connectivity index (χ0) is 13.3. The Morgan fingerprint density at radius 1 is 1.42 bits per heavy atom. The molecular weight excluding hydrogens is 272 g/mol. The van der Waals surface area contributed by atoms with Gasteiger partial charge in [-0.1, -0.05) is 18.7 Å². The molecule has 1 saturated heterocycles. The van der Waals surface area contributed by atoms with Crippen LogP contribution >= 0.6 is 23.1 Å². The number of aliphatic imine (C=N–C) groups is 1. The molecule has 1 spiro atoms. The average Bonchev–Trinajstić information content (AvgIpc) is 3.04. The molecule has 0 aromatic carbocycles. The van der Waals surface area contributed by atoms with E-state index < -0.39 is 0 Å². The summed E-state index contributed by atoms with van der Waals surface area (Å²) in [6.45, 7) is 4.56. The van der Waals surface area contributed by atoms with E-state index in [1.165, 1.54) is 37.0 Å². The highest BCUT2D eigenvalue weighted by Gasteiger charge is 2.39. The molecule has 1 unspecified atom stereocenters. The van der Waals surface area contributed by atoms with Crippen LogP contribution in [0, 0.1) is 5.92 Å². The van der Waals surface area contributed by atoms with Gasteiger partial charge in [-0.2, -0.15) is 11.3 Å². The fourth-order valence-corrected chi connectivity index (χ4v) is 4.96. The standard InChI is InChI=1S/C15H22N2S2/c1-11-3-6-15(7-4-11)10-19-14(17-15)16-12(2)13-5-8-18-9-13/h5,8-9,11-12H,3-4,6-7,10H2,1-2H3,(H,16,17). The van der Waals surface area contributed by atoms with Gasteiger partial charge in [-0.05, 0) is 60.9 Å². The van der Waals surface area contributed by atoms with Crippen LogP contribution in [0.25, 0.3) is 0 Å². The van der Waals surface area contributed by atoms with E-state index in [2.05, 4.69) is 36.0 Å². The van der Waals surface area contributed by atoms with Gasteiger partial charge in [0, 0.05) is 11.3 Å². The fraction of sp³-hybridized carbons (Fsp3) is 0.667. The number of thioether (sulfide) groups is 1. The second kappa shape index (κ2) is 5.49. The summed E-state index contributed by atoms with van der Waals surface area (Å²) in [5.41, 5.74) is 1.68. The largest absolute Gasteiger partial charge is 0.359 e. The fourth-order valence-electron chi connectivity index (χ4n) is 2.92. The maximum absolute atomic E-state index is 4.86. The molecule has 1 aliphatic carbocycles. The van der Waals surface area contributed by atoms with E-state index in [-0.39, 0.29) is 6.04 Å². The Kier molecular flexibility index (Phi) is 3.90. The average molecular weight is 294 g/mol. The summed E-state index contributed by atoms with van der Waals surface area (Å²) in [6, 6.07) is 2.45. The van der Waals surface area contributed by atoms with Crippen molar-refractivity contribution in [3.05, 3.63) is 22.4 Å². The van der Waals surface area contributed by atoms with Crippen LogP contribution in [0.15, 0.2) is 21.8 Å². The van der Waals surface area contributed by atoms with Gasteiger partial charge in [0.05, 0.1) is 6.04 Å². The van der Waals surface area contributed by atoms with Crippen LogP contribution < -0.4 is 5.32 Å². The molecule has 19 heavy (non-hydrogen) atoms. The summed E-state index contributed by atoms with van der Waals surface area (Å²) < 4.78 is 0. The molecule has 3 rings (SSSR count). The number of nitrogens with zero attached hydrogens (tertiary/aromatic N) is 1. The van der Waals surface area contributed by atoms with Crippen molar-refractivity contribution in [2.45, 2.75) is 51.1 Å². The van der Waals surface area contributed by atoms with Gasteiger partial charge in [-0.15, -0.1) is 0 Å². The molecule has 1 saturated carbocycles. The van der Waals surface area contributed by atoms with Crippen molar-refractivity contribution >= 4 is 28.3 Å². The van der Waals surface area contributed by atoms with Crippen LogP contribution in [0.5, 0.6) is 0 Å². The Morgan fingerprint density at radius 2 is 2.21 bits per heavy atom. The zero-order valence-corrected chi connectivity index (χ0v) is 13.3. The summed E-state index contributed by atoms with van der Waals surface area (Å²) in [4.78, 5) is 4.86. The van der Waals surface area contributed by atoms with Crippen molar-refractivity contribution in [1.82, 2.24) is 5.32 Å². The smallest absolute Gasteiger partial charge is 0.157 e. The first-order valence-electron chi connectivity index (χ1n) is 7.18. The lowest BCUT2D eigenvalue weighted by molar-refractivity contribution is 0.250. The van der Waals surface area contributed by atoms with Crippen LogP contribution in [-0.2, 0) is 0 Å². The van der Waals surface area contributed by atoms with Gasteiger partial charge in [0.25, 0.3) is 0 Å². The number of hydrogen-bond acceptors (Lipinski definition) is 3. The predicted octanol–water partition coefficient (Wildman–Crippen LogP) is 4.45. The molecule has 0 bridgehead atoms. The molecular formula is C15H22N2S2. The molecule has 104 valence electrons. The summed E-state index contributed by atoms with van der Waals surface area (Å²) in [5, 5.41) is 9.23. The third-order valence-electron chi connectivity index (χ3n) is 4.43. The van der Waals surface area contributed by atoms with E-state index in [1.54, 1.807) is 11.3 Å². The Balaban J connectivity index is 1.65. The van der Waals surface area contributed by atoms with Crippen LogP contribution in [0.1, 0.15) is 51.1 Å². The first-order valence-corrected chi connectivity index (χ1v) is 9.11. The van der Waals surface area contributed by atoms with E-state index in [0.717, 1.165) is 11.1 Å². The number of rotatable bonds is 2. The topological polar surface area (TPSA) is 24.4 Å². The molecule has 1 aromatic rings. The molecule has 1 aromatic heterocycles. The summed E-state index contributed by atoms with van der Waals surface area (Å²) >= 11 is 3.67. The molecule has 2 heterocycles. The van der Waals surface area contributed by atoms with E-state index >= 15 is 0 Å². The summed E-state index contributed by atoms with van der Waals surface area (Å²) in [6.07, 6.45) is 5.35. The first-order chi connectivity index (χ1) is 9.17. The quantitative estimate of drug-likeness (QED) is 0.871. The van der Waals surface area contributed by atoms with Gasteiger partial charge in [0.1, 0.15) is 0 Å². The predicted molar refractivity (Wildman–Crippen MR) is 86.1 cm³/mol. The van der Waals surface area contributed by atoms with E-state index in [1.807, 2.05) is 11.8 Å². The van der Waals surface area contributed by atoms with Gasteiger partial charge >= 0.3 is 0 Å². The van der Waals surface area contributed by atoms with Crippen LogP contribution in [0.4, 0.5) is 0 Å². The highest BCUT2D eigenvalue weighted by Crippen LogP contribution is 2.38. The van der Waals surface area contributed by atoms with Crippen molar-refractivity contribution in [2.75, 3.05) is 5.75 Å². The number of hydrogen-bond donors (Lipinski definition) is 1. The monoisotopic (exact) mass is 294 g/mol. The van der Waals surface area contributed by atoms with Crippen molar-refractivity contribution in [2.24, 2.45) is 10.9 Å². The van der Waals surface area contributed by atoms with Crippen LogP contribution in [0.3, 0.4) is 0 Å². The Morgan fingerprint density at radius 3 is 2.89 bits per heavy atom. The normalized spacial score (nSPS) is 34.6. The number of nitrogens with one attached hydrogen (secondary N) is 1. The van der Waals surface area contributed by atoms with E-state index in [0.29, 0.717) is 5.54 Å². The summed E-state index contributed by atoms with van der Waals surface area (Å²) in [7, 11) is 0. The van der Waals surface area contributed by atoms with Gasteiger partial charge in [0.2, 0.25) is 0 Å². The minimum atomic E-state index is 0.277. The highest BCUT2D eigenvalue weighted by molar-refractivity contribution is 8.14. The molecule has 1 aliphatic heterocycles. The lowest BCUT2D eigenvalue weighted by Crippen LogP contribution is -2.46.